The molecule has 0 radical (unpaired) electrons. The van der Waals surface area contributed by atoms with Gasteiger partial charge in [0, 0.05) is 19.0 Å². The van der Waals surface area contributed by atoms with Gasteiger partial charge in [0.15, 0.2) is 0 Å². The molecule has 1 aliphatic heterocycles. The summed E-state index contributed by atoms with van der Waals surface area (Å²) in [4.78, 5) is 12.5. The van der Waals surface area contributed by atoms with Crippen molar-refractivity contribution in [3.63, 3.8) is 0 Å². The number of alkyl halides is 9. The molecule has 0 bridgehead atoms. The number of carboxylic acid groups (broad SMARTS) is 1. The fourth-order valence-electron chi connectivity index (χ4n) is 4.50. The van der Waals surface area contributed by atoms with Gasteiger partial charge < -0.3 is 5.11 Å². The first-order valence-corrected chi connectivity index (χ1v) is 11.0. The maximum Gasteiger partial charge on any atom is 0.416 e. The first-order chi connectivity index (χ1) is 16.6. The fraction of sp³-hybridized carbons (Fsp3) is 0.458. The molecule has 2 aromatic rings. The summed E-state index contributed by atoms with van der Waals surface area (Å²) >= 11 is 0. The van der Waals surface area contributed by atoms with Crippen molar-refractivity contribution in [1.29, 1.82) is 0 Å². The fourth-order valence-corrected chi connectivity index (χ4v) is 4.50. The topological polar surface area (TPSA) is 40.5 Å². The van der Waals surface area contributed by atoms with Crippen molar-refractivity contribution in [1.82, 2.24) is 4.90 Å². The number of aliphatic carboxylic acids is 1. The molecule has 2 atom stereocenters. The molecule has 36 heavy (non-hydrogen) atoms. The van der Waals surface area contributed by atoms with Gasteiger partial charge in [-0.3, -0.25) is 9.69 Å². The van der Waals surface area contributed by atoms with Gasteiger partial charge in [0.05, 0.1) is 16.7 Å². The van der Waals surface area contributed by atoms with Crippen molar-refractivity contribution >= 4 is 5.97 Å². The Labute approximate surface area is 200 Å². The highest BCUT2D eigenvalue weighted by Gasteiger charge is 2.39. The number of nitrogens with zero attached hydrogens (tertiary/aromatic N) is 1. The zero-order valence-corrected chi connectivity index (χ0v) is 18.6. The monoisotopic (exact) mass is 527 g/mol. The zero-order valence-electron chi connectivity index (χ0n) is 18.6. The number of carbonyl (C=O) groups is 1. The maximum atomic E-state index is 13.6. The summed E-state index contributed by atoms with van der Waals surface area (Å²) in [5.74, 6) is -1.21. The standard InChI is InChI=1S/C24H22F9NO2/c25-22(26,27)17-4-2-15(3-5-17)20-11-14(1-8-21(35)36)9-10-34(20)13-16-12-18(23(28,29)30)6-7-19(16)24(31,32)33/h2-7,12,14,20H,1,8-11,13H2,(H,35,36)/t14-,20+/m0/s1. The van der Waals surface area contributed by atoms with Gasteiger partial charge in [-0.2, -0.15) is 39.5 Å². The third-order valence-corrected chi connectivity index (χ3v) is 6.32. The lowest BCUT2D eigenvalue weighted by molar-refractivity contribution is -0.142. The van der Waals surface area contributed by atoms with Crippen molar-refractivity contribution in [3.05, 3.63) is 70.3 Å². The second kappa shape index (κ2) is 10.3. The van der Waals surface area contributed by atoms with Crippen LogP contribution in [-0.4, -0.2) is 22.5 Å². The minimum absolute atomic E-state index is 0.128. The summed E-state index contributed by atoms with van der Waals surface area (Å²) < 4.78 is 119. The van der Waals surface area contributed by atoms with E-state index in [2.05, 4.69) is 0 Å². The smallest absolute Gasteiger partial charge is 0.416 e. The van der Waals surface area contributed by atoms with Gasteiger partial charge in [-0.05, 0) is 73.2 Å². The quantitative estimate of drug-likeness (QED) is 0.394. The summed E-state index contributed by atoms with van der Waals surface area (Å²) in [6, 6.07) is 4.52. The number of halogens is 9. The van der Waals surface area contributed by atoms with Gasteiger partial charge in [0.1, 0.15) is 0 Å². The van der Waals surface area contributed by atoms with Crippen LogP contribution in [0.4, 0.5) is 39.5 Å². The molecule has 198 valence electrons. The molecule has 0 spiro atoms. The van der Waals surface area contributed by atoms with E-state index < -0.39 is 59.3 Å². The van der Waals surface area contributed by atoms with E-state index >= 15 is 0 Å². The number of benzene rings is 2. The molecule has 2 aromatic carbocycles. The summed E-state index contributed by atoms with van der Waals surface area (Å²) in [5, 5.41) is 8.96. The molecule has 0 unspecified atom stereocenters. The highest BCUT2D eigenvalue weighted by Crippen LogP contribution is 2.41. The van der Waals surface area contributed by atoms with Gasteiger partial charge >= 0.3 is 24.5 Å². The second-order valence-corrected chi connectivity index (χ2v) is 8.80. The van der Waals surface area contributed by atoms with E-state index in [9.17, 15) is 44.3 Å². The average Bonchev–Trinajstić information content (AvgIpc) is 2.76. The van der Waals surface area contributed by atoms with Crippen LogP contribution in [-0.2, 0) is 29.9 Å². The molecular formula is C24H22F9NO2. The van der Waals surface area contributed by atoms with E-state index in [4.69, 9.17) is 5.11 Å². The van der Waals surface area contributed by atoms with Gasteiger partial charge in [-0.15, -0.1) is 0 Å². The van der Waals surface area contributed by atoms with Crippen LogP contribution in [0.1, 0.15) is 59.5 Å². The Bertz CT molecular complexity index is 1060. The summed E-state index contributed by atoms with van der Waals surface area (Å²) in [5.41, 5.74) is -3.64. The van der Waals surface area contributed by atoms with E-state index in [0.29, 0.717) is 30.2 Å². The van der Waals surface area contributed by atoms with Gasteiger partial charge in [0.25, 0.3) is 0 Å². The van der Waals surface area contributed by atoms with Crippen molar-refractivity contribution in [2.45, 2.75) is 56.8 Å². The molecule has 12 heteroatoms. The number of rotatable bonds is 6. The number of piperidine rings is 1. The number of hydrogen-bond donors (Lipinski definition) is 1. The highest BCUT2D eigenvalue weighted by molar-refractivity contribution is 5.66. The van der Waals surface area contributed by atoms with Crippen LogP contribution in [0, 0.1) is 5.92 Å². The third-order valence-electron chi connectivity index (χ3n) is 6.32. The van der Waals surface area contributed by atoms with E-state index in [1.807, 2.05) is 0 Å². The van der Waals surface area contributed by atoms with E-state index in [0.717, 1.165) is 12.1 Å². The molecule has 0 aromatic heterocycles. The van der Waals surface area contributed by atoms with Gasteiger partial charge in [-0.25, -0.2) is 0 Å². The minimum atomic E-state index is -4.91. The van der Waals surface area contributed by atoms with Crippen LogP contribution in [0.2, 0.25) is 0 Å². The predicted molar refractivity (Wildman–Crippen MR) is 111 cm³/mol. The van der Waals surface area contributed by atoms with Crippen molar-refractivity contribution < 1.29 is 49.4 Å². The number of likely N-dealkylation sites (tertiary alicyclic amines) is 1. The van der Waals surface area contributed by atoms with E-state index in [1.54, 1.807) is 0 Å². The summed E-state index contributed by atoms with van der Waals surface area (Å²) in [6.07, 6.45) is -13.7. The van der Waals surface area contributed by atoms with Crippen LogP contribution in [0.25, 0.3) is 0 Å². The Morgan fingerprint density at radius 3 is 1.97 bits per heavy atom. The lowest BCUT2D eigenvalue weighted by atomic mass is 9.84. The molecule has 1 heterocycles. The Balaban J connectivity index is 1.97. The predicted octanol–water partition coefficient (Wildman–Crippen LogP) is 7.56. The molecule has 3 nitrogen and oxygen atoms in total. The van der Waals surface area contributed by atoms with Gasteiger partial charge in [-0.1, -0.05) is 12.1 Å². The molecule has 1 aliphatic rings. The van der Waals surface area contributed by atoms with E-state index in [-0.39, 0.29) is 31.7 Å². The lowest BCUT2D eigenvalue weighted by Crippen LogP contribution is -2.37. The van der Waals surface area contributed by atoms with Crippen LogP contribution in [0.3, 0.4) is 0 Å². The molecule has 1 N–H and O–H groups in total. The SMILES string of the molecule is O=C(O)CC[C@H]1CCN(Cc2cc(C(F)(F)F)ccc2C(F)(F)F)[C@@H](c2ccc(C(F)(F)F)cc2)C1. The zero-order chi connectivity index (χ0) is 26.9. The largest absolute Gasteiger partial charge is 0.481 e. The molecule has 0 saturated carbocycles. The maximum absolute atomic E-state index is 13.6. The molecule has 0 aliphatic carbocycles. The van der Waals surface area contributed by atoms with E-state index in [1.165, 1.54) is 17.0 Å². The number of hydrogen-bond acceptors (Lipinski definition) is 2. The number of carboxylic acids is 1. The Kier molecular flexibility index (Phi) is 7.97. The lowest BCUT2D eigenvalue weighted by Gasteiger charge is -2.40. The van der Waals surface area contributed by atoms with Crippen molar-refractivity contribution in [2.75, 3.05) is 6.54 Å². The first-order valence-electron chi connectivity index (χ1n) is 11.0. The van der Waals surface area contributed by atoms with Crippen LogP contribution >= 0.6 is 0 Å². The van der Waals surface area contributed by atoms with Crippen LogP contribution in [0.15, 0.2) is 42.5 Å². The minimum Gasteiger partial charge on any atom is -0.481 e. The van der Waals surface area contributed by atoms with Crippen LogP contribution in [0.5, 0.6) is 0 Å². The molecular weight excluding hydrogens is 505 g/mol. The molecule has 1 fully saturated rings. The highest BCUT2D eigenvalue weighted by atomic mass is 19.4. The molecule has 0 amide bonds. The Morgan fingerprint density at radius 1 is 0.861 bits per heavy atom. The van der Waals surface area contributed by atoms with Crippen LogP contribution < -0.4 is 0 Å². The Hall–Kier alpha value is -2.76. The third kappa shape index (κ3) is 6.92. The first kappa shape index (κ1) is 27.8. The normalized spacial score (nSPS) is 19.9. The molecule has 1 saturated heterocycles. The summed E-state index contributed by atoms with van der Waals surface area (Å²) in [7, 11) is 0. The Morgan fingerprint density at radius 2 is 1.44 bits per heavy atom. The van der Waals surface area contributed by atoms with Gasteiger partial charge in [0.2, 0.25) is 0 Å². The summed E-state index contributed by atoms with van der Waals surface area (Å²) in [6.45, 7) is -0.389. The molecule has 3 rings (SSSR count). The second-order valence-electron chi connectivity index (χ2n) is 8.80. The van der Waals surface area contributed by atoms with Crippen molar-refractivity contribution in [3.8, 4) is 0 Å². The average molecular weight is 527 g/mol. The van der Waals surface area contributed by atoms with Crippen molar-refractivity contribution in [2.24, 2.45) is 5.92 Å².